The van der Waals surface area contributed by atoms with Gasteiger partial charge in [-0.15, -0.1) is 0 Å². The summed E-state index contributed by atoms with van der Waals surface area (Å²) in [5.41, 5.74) is 6.84. The van der Waals surface area contributed by atoms with Crippen LogP contribution >= 0.6 is 11.6 Å². The fourth-order valence-electron chi connectivity index (χ4n) is 1.06. The summed E-state index contributed by atoms with van der Waals surface area (Å²) in [6.07, 6.45) is 0. The van der Waals surface area contributed by atoms with Crippen molar-refractivity contribution in [1.82, 2.24) is 4.98 Å². The highest BCUT2D eigenvalue weighted by molar-refractivity contribution is 6.31. The Bertz CT molecular complexity index is 368. The maximum Gasteiger partial charge on any atom is 0.159 e. The third-order valence-electron chi connectivity index (χ3n) is 2.03. The summed E-state index contributed by atoms with van der Waals surface area (Å²) in [7, 11) is 0. The number of hydrogen-bond donors (Lipinski definition) is 1. The van der Waals surface area contributed by atoms with E-state index in [0.717, 1.165) is 0 Å². The molecule has 1 heterocycles. The monoisotopic (exact) mass is 209 g/mol. The standard InChI is InChI=1S/C10H12ClN3/c1-6(2)10(13)8-4-3-7(11)9(5-12)14-8/h3-4,6,10H,13H2,1-2H3. The largest absolute Gasteiger partial charge is 0.322 e. The maximum absolute atomic E-state index is 8.73. The van der Waals surface area contributed by atoms with E-state index in [2.05, 4.69) is 4.98 Å². The van der Waals surface area contributed by atoms with Gasteiger partial charge >= 0.3 is 0 Å². The molecule has 0 amide bonds. The summed E-state index contributed by atoms with van der Waals surface area (Å²) < 4.78 is 0. The van der Waals surface area contributed by atoms with Crippen LogP contribution in [0, 0.1) is 17.2 Å². The fraction of sp³-hybridized carbons (Fsp3) is 0.400. The van der Waals surface area contributed by atoms with Crippen LogP contribution in [0.5, 0.6) is 0 Å². The number of nitrogens with zero attached hydrogens (tertiary/aromatic N) is 2. The van der Waals surface area contributed by atoms with Gasteiger partial charge in [0, 0.05) is 6.04 Å². The van der Waals surface area contributed by atoms with Crippen molar-refractivity contribution in [2.45, 2.75) is 19.9 Å². The van der Waals surface area contributed by atoms with E-state index >= 15 is 0 Å². The molecule has 3 nitrogen and oxygen atoms in total. The molecule has 0 aliphatic heterocycles. The SMILES string of the molecule is CC(C)C(N)c1ccc(Cl)c(C#N)n1. The maximum atomic E-state index is 8.73. The number of nitrogens with two attached hydrogens (primary N) is 1. The first-order valence-corrected chi connectivity index (χ1v) is 4.76. The molecule has 1 atom stereocenters. The molecular weight excluding hydrogens is 198 g/mol. The minimum Gasteiger partial charge on any atom is -0.322 e. The number of nitriles is 1. The highest BCUT2D eigenvalue weighted by Crippen LogP contribution is 2.20. The van der Waals surface area contributed by atoms with Crippen LogP contribution in [0.25, 0.3) is 0 Å². The zero-order valence-corrected chi connectivity index (χ0v) is 8.92. The van der Waals surface area contributed by atoms with E-state index in [1.807, 2.05) is 19.9 Å². The highest BCUT2D eigenvalue weighted by Gasteiger charge is 2.13. The molecule has 1 rings (SSSR count). The molecule has 0 bridgehead atoms. The molecule has 0 fully saturated rings. The van der Waals surface area contributed by atoms with E-state index in [9.17, 15) is 0 Å². The van der Waals surface area contributed by atoms with Crippen LogP contribution in [0.15, 0.2) is 12.1 Å². The first kappa shape index (κ1) is 11.0. The molecule has 0 saturated carbocycles. The number of hydrogen-bond acceptors (Lipinski definition) is 3. The van der Waals surface area contributed by atoms with Gasteiger partial charge in [0.05, 0.1) is 10.7 Å². The summed E-state index contributed by atoms with van der Waals surface area (Å²) in [6.45, 7) is 4.01. The Morgan fingerprint density at radius 2 is 2.14 bits per heavy atom. The summed E-state index contributed by atoms with van der Waals surface area (Å²) in [4.78, 5) is 4.09. The Balaban J connectivity index is 3.08. The molecular formula is C10H12ClN3. The molecule has 0 saturated heterocycles. The minimum atomic E-state index is -0.153. The Morgan fingerprint density at radius 1 is 1.50 bits per heavy atom. The summed E-state index contributed by atoms with van der Waals surface area (Å²) in [5, 5.41) is 9.09. The van der Waals surface area contributed by atoms with Crippen LogP contribution in [0.2, 0.25) is 5.02 Å². The quantitative estimate of drug-likeness (QED) is 0.813. The van der Waals surface area contributed by atoms with Gasteiger partial charge in [-0.3, -0.25) is 0 Å². The smallest absolute Gasteiger partial charge is 0.159 e. The highest BCUT2D eigenvalue weighted by atomic mass is 35.5. The van der Waals surface area contributed by atoms with Gasteiger partial charge in [-0.25, -0.2) is 4.98 Å². The first-order valence-electron chi connectivity index (χ1n) is 4.38. The Kier molecular flexibility index (Phi) is 3.45. The lowest BCUT2D eigenvalue weighted by Crippen LogP contribution is -2.18. The lowest BCUT2D eigenvalue weighted by atomic mass is 10.0. The zero-order valence-electron chi connectivity index (χ0n) is 8.16. The molecule has 0 spiro atoms. The van der Waals surface area contributed by atoms with Gasteiger partial charge in [-0.2, -0.15) is 5.26 Å². The topological polar surface area (TPSA) is 62.7 Å². The van der Waals surface area contributed by atoms with Gasteiger partial charge in [-0.05, 0) is 18.1 Å². The van der Waals surface area contributed by atoms with E-state index < -0.39 is 0 Å². The zero-order chi connectivity index (χ0) is 10.7. The van der Waals surface area contributed by atoms with Crippen molar-refractivity contribution in [2.24, 2.45) is 11.7 Å². The van der Waals surface area contributed by atoms with Crippen LogP contribution in [0.4, 0.5) is 0 Å². The average Bonchev–Trinajstić information content (AvgIpc) is 2.17. The Morgan fingerprint density at radius 3 is 2.64 bits per heavy atom. The molecule has 14 heavy (non-hydrogen) atoms. The van der Waals surface area contributed by atoms with Crippen molar-refractivity contribution >= 4 is 11.6 Å². The average molecular weight is 210 g/mol. The van der Waals surface area contributed by atoms with Crippen LogP contribution in [0.1, 0.15) is 31.3 Å². The van der Waals surface area contributed by atoms with Gasteiger partial charge in [-0.1, -0.05) is 25.4 Å². The van der Waals surface area contributed by atoms with Crippen LogP contribution in [0.3, 0.4) is 0 Å². The van der Waals surface area contributed by atoms with Gasteiger partial charge < -0.3 is 5.73 Å². The van der Waals surface area contributed by atoms with Crippen LogP contribution in [-0.2, 0) is 0 Å². The van der Waals surface area contributed by atoms with Gasteiger partial charge in [0.1, 0.15) is 6.07 Å². The van der Waals surface area contributed by atoms with E-state index in [1.54, 1.807) is 12.1 Å². The molecule has 0 aliphatic carbocycles. The molecule has 1 aromatic rings. The van der Waals surface area contributed by atoms with Crippen molar-refractivity contribution < 1.29 is 0 Å². The summed E-state index contributed by atoms with van der Waals surface area (Å²) in [5.74, 6) is 0.287. The minimum absolute atomic E-state index is 0.153. The van der Waals surface area contributed by atoms with Crippen LogP contribution < -0.4 is 5.73 Å². The fourth-order valence-corrected chi connectivity index (χ4v) is 1.21. The lowest BCUT2D eigenvalue weighted by Gasteiger charge is -2.14. The van der Waals surface area contributed by atoms with Gasteiger partial charge in [0.2, 0.25) is 0 Å². The van der Waals surface area contributed by atoms with E-state index in [1.165, 1.54) is 0 Å². The molecule has 0 aromatic carbocycles. The lowest BCUT2D eigenvalue weighted by molar-refractivity contribution is 0.503. The van der Waals surface area contributed by atoms with Gasteiger partial charge in [0.25, 0.3) is 0 Å². The van der Waals surface area contributed by atoms with E-state index in [0.29, 0.717) is 10.7 Å². The Labute approximate surface area is 88.5 Å². The third kappa shape index (κ3) is 2.22. The van der Waals surface area contributed by atoms with E-state index in [-0.39, 0.29) is 17.7 Å². The first-order chi connectivity index (χ1) is 6.56. The van der Waals surface area contributed by atoms with Crippen molar-refractivity contribution in [2.75, 3.05) is 0 Å². The Hall–Kier alpha value is -1.11. The van der Waals surface area contributed by atoms with Crippen molar-refractivity contribution in [3.8, 4) is 6.07 Å². The van der Waals surface area contributed by atoms with Crippen LogP contribution in [-0.4, -0.2) is 4.98 Å². The number of pyridine rings is 1. The molecule has 0 radical (unpaired) electrons. The predicted octanol–water partition coefficient (Wildman–Crippen LogP) is 2.26. The normalized spacial score (nSPS) is 12.6. The molecule has 2 N–H and O–H groups in total. The second kappa shape index (κ2) is 4.41. The molecule has 4 heteroatoms. The molecule has 74 valence electrons. The number of rotatable bonds is 2. The summed E-state index contributed by atoms with van der Waals surface area (Å²) in [6, 6.07) is 5.19. The molecule has 0 aliphatic rings. The van der Waals surface area contributed by atoms with Crippen molar-refractivity contribution in [3.63, 3.8) is 0 Å². The third-order valence-corrected chi connectivity index (χ3v) is 2.34. The van der Waals surface area contributed by atoms with Crippen molar-refractivity contribution in [1.29, 1.82) is 5.26 Å². The summed E-state index contributed by atoms with van der Waals surface area (Å²) >= 11 is 5.75. The molecule has 1 aromatic heterocycles. The van der Waals surface area contributed by atoms with Gasteiger partial charge in [0.15, 0.2) is 5.69 Å². The predicted molar refractivity (Wildman–Crippen MR) is 55.7 cm³/mol. The second-order valence-corrected chi connectivity index (χ2v) is 3.86. The molecule has 1 unspecified atom stereocenters. The van der Waals surface area contributed by atoms with Crippen molar-refractivity contribution in [3.05, 3.63) is 28.5 Å². The second-order valence-electron chi connectivity index (χ2n) is 3.45. The number of aromatic nitrogens is 1. The number of halogens is 1. The van der Waals surface area contributed by atoms with E-state index in [4.69, 9.17) is 22.6 Å².